The first-order valence-corrected chi connectivity index (χ1v) is 45.8. The second-order valence-electron chi connectivity index (χ2n) is 31.4. The Morgan fingerprint density at radius 1 is 0.406 bits per heavy atom. The summed E-state index contributed by atoms with van der Waals surface area (Å²) < 4.78 is 61.0. The number of ether oxygens (including phenoxy) is 10. The monoisotopic (exact) mass is 1800 g/mol. The molecule has 0 saturated carbocycles. The summed E-state index contributed by atoms with van der Waals surface area (Å²) in [5.41, 5.74) is 14.7. The lowest BCUT2D eigenvalue weighted by atomic mass is 10.1. The molecular weight excluding hydrogens is 1710 g/mol. The van der Waals surface area contributed by atoms with Crippen LogP contribution in [0.3, 0.4) is 0 Å². The molecule has 1 unspecified atom stereocenters. The summed E-state index contributed by atoms with van der Waals surface area (Å²) in [6, 6.07) is 56.0. The Kier molecular flexibility index (Phi) is 27.7. The maximum absolute atomic E-state index is 14.0. The number of nitrogens with zero attached hydrogens (tertiary/aromatic N) is 8. The van der Waals surface area contributed by atoms with Crippen LogP contribution in [0.2, 0.25) is 0 Å². The minimum atomic E-state index is -0.850. The summed E-state index contributed by atoms with van der Waals surface area (Å²) in [6.07, 6.45) is 14.9. The molecule has 0 aliphatic carbocycles. The molecule has 0 fully saturated rings. The molecule has 10 aromatic rings. The number of aliphatic carboxylic acids is 1. The molecular formula is C98H93Cl2N9O17S2. The van der Waals surface area contributed by atoms with Crippen molar-refractivity contribution in [3.05, 3.63) is 249 Å². The Bertz CT molecular complexity index is 5780. The molecule has 658 valence electrons. The summed E-state index contributed by atoms with van der Waals surface area (Å²) in [4.78, 5) is 105. The van der Waals surface area contributed by atoms with E-state index >= 15 is 0 Å². The lowest BCUT2D eigenvalue weighted by Gasteiger charge is -2.22. The Morgan fingerprint density at radius 3 is 0.961 bits per heavy atom. The van der Waals surface area contributed by atoms with Crippen LogP contribution in [0.25, 0.3) is 0 Å². The second kappa shape index (κ2) is 40.2. The zero-order chi connectivity index (χ0) is 89.1. The fourth-order valence-electron chi connectivity index (χ4n) is 16.9. The summed E-state index contributed by atoms with van der Waals surface area (Å²) in [5.74, 6) is 3.75. The summed E-state index contributed by atoms with van der Waals surface area (Å²) >= 11 is 14.8. The quantitative estimate of drug-likeness (QED) is 0.0301. The van der Waals surface area contributed by atoms with Gasteiger partial charge in [-0.3, -0.25) is 68.3 Å². The van der Waals surface area contributed by atoms with Gasteiger partial charge in [-0.25, -0.2) is 0 Å². The molecule has 5 amide bonds. The number of halogens is 2. The van der Waals surface area contributed by atoms with Crippen LogP contribution in [-0.2, 0) is 82.3 Å². The zero-order valence-corrected chi connectivity index (χ0v) is 74.1. The Hall–Kier alpha value is -13.2. The number of methoxy groups -OCH3 is 4. The van der Waals surface area contributed by atoms with Gasteiger partial charge in [0.15, 0.2) is 46.0 Å². The van der Waals surface area contributed by atoms with Crippen molar-refractivity contribution in [2.75, 3.05) is 85.1 Å². The molecule has 128 heavy (non-hydrogen) atoms. The number of carbonyl (C=O) groups is 6. The average molecular weight is 1800 g/mol. The minimum absolute atomic E-state index is 0.00648. The first-order valence-electron chi connectivity index (χ1n) is 42.0. The van der Waals surface area contributed by atoms with Crippen LogP contribution in [0.5, 0.6) is 57.5 Å². The van der Waals surface area contributed by atoms with E-state index in [9.17, 15) is 28.8 Å². The predicted molar refractivity (Wildman–Crippen MR) is 499 cm³/mol. The van der Waals surface area contributed by atoms with Crippen molar-refractivity contribution in [2.24, 2.45) is 20.0 Å². The summed E-state index contributed by atoms with van der Waals surface area (Å²) in [6.45, 7) is 1.77. The fourth-order valence-corrected chi connectivity index (χ4v) is 17.6. The number of carboxylic acid groups (broad SMARTS) is 1. The topological polar surface area (TPSA) is 289 Å². The predicted octanol–water partition coefficient (Wildman–Crippen LogP) is 17.3. The van der Waals surface area contributed by atoms with Crippen molar-refractivity contribution in [1.82, 2.24) is 5.32 Å². The van der Waals surface area contributed by atoms with E-state index in [4.69, 9.17) is 107 Å². The van der Waals surface area contributed by atoms with Crippen molar-refractivity contribution in [1.29, 1.82) is 0 Å². The number of rotatable bonds is 31. The maximum Gasteiger partial charge on any atom is 0.303 e. The number of para-hydroxylation sites is 4. The number of benzene rings is 10. The highest BCUT2D eigenvalue weighted by molar-refractivity contribution is 8.28. The fraction of sp³-hybridized carbons (Fsp3) is 0.286. The van der Waals surface area contributed by atoms with Gasteiger partial charge < -0.3 is 57.8 Å². The highest BCUT2D eigenvalue weighted by Gasteiger charge is 2.42. The van der Waals surface area contributed by atoms with E-state index < -0.39 is 5.97 Å². The van der Waals surface area contributed by atoms with E-state index in [1.54, 1.807) is 82.4 Å². The van der Waals surface area contributed by atoms with Gasteiger partial charge in [-0.05, 0) is 161 Å². The molecule has 0 radical (unpaired) electrons. The smallest absolute Gasteiger partial charge is 0.303 e. The van der Waals surface area contributed by atoms with E-state index in [0.717, 1.165) is 73.0 Å². The SMILES string of the molecule is COc1cc2c(cc1OCc1cc(COc3cc4c(cc3OC)C(=O)N3c5ccccc5C[C@H]3C=N4)cc(OCCCCC(=O)NCCS(C)=S)c1)N=C[C@@H]1Cc3ccccc3N1C2=O.COc1cc2c(cc1OCc1cc(COc3cc4c(cc3OC)C(=O)N3c5ccccc5C[C@H]3C=N4)cc(OCCCCC(=O)O)c1)N=C[C@@H]1Cc3ccccc3N1C2=O.ClCCl. The number of unbranched alkanes of at least 4 members (excludes halogenated alkanes) is 2. The van der Waals surface area contributed by atoms with Crippen molar-refractivity contribution in [3.8, 4) is 57.5 Å². The van der Waals surface area contributed by atoms with E-state index in [1.807, 2.05) is 165 Å². The molecule has 0 saturated heterocycles. The highest BCUT2D eigenvalue weighted by Crippen LogP contribution is 2.48. The van der Waals surface area contributed by atoms with E-state index in [-0.39, 0.29) is 101 Å². The molecule has 18 rings (SSSR count). The first-order chi connectivity index (χ1) is 62.3. The summed E-state index contributed by atoms with van der Waals surface area (Å²) in [5, 5.41) is 12.2. The zero-order valence-electron chi connectivity index (χ0n) is 71.0. The van der Waals surface area contributed by atoms with Crippen molar-refractivity contribution in [3.63, 3.8) is 0 Å². The number of fused-ring (bicyclic) bond motifs is 16. The van der Waals surface area contributed by atoms with E-state index in [2.05, 4.69) is 5.32 Å². The number of anilines is 4. The van der Waals surface area contributed by atoms with Gasteiger partial charge in [0, 0.05) is 123 Å². The lowest BCUT2D eigenvalue weighted by molar-refractivity contribution is -0.137. The molecule has 0 spiro atoms. The minimum Gasteiger partial charge on any atom is -0.494 e. The van der Waals surface area contributed by atoms with Gasteiger partial charge in [0.25, 0.3) is 23.6 Å². The number of hydrogen-bond donors (Lipinski definition) is 2. The molecule has 2 N–H and O–H groups in total. The van der Waals surface area contributed by atoms with Crippen molar-refractivity contribution < 1.29 is 81.2 Å². The van der Waals surface area contributed by atoms with Crippen molar-refractivity contribution >= 4 is 150 Å². The van der Waals surface area contributed by atoms with Gasteiger partial charge in [0.1, 0.15) is 37.9 Å². The normalized spacial score (nSPS) is 16.6. The molecule has 8 aliphatic heterocycles. The van der Waals surface area contributed by atoms with Gasteiger partial charge in [0.05, 0.1) is 116 Å². The maximum atomic E-state index is 14.0. The van der Waals surface area contributed by atoms with Crippen LogP contribution in [-0.4, -0.2) is 155 Å². The molecule has 10 aromatic carbocycles. The van der Waals surface area contributed by atoms with Gasteiger partial charge in [-0.2, -0.15) is 0 Å². The summed E-state index contributed by atoms with van der Waals surface area (Å²) in [7, 11) is 6.01. The van der Waals surface area contributed by atoms with Crippen LogP contribution in [0, 0.1) is 0 Å². The van der Waals surface area contributed by atoms with E-state index in [0.29, 0.717) is 180 Å². The third-order valence-corrected chi connectivity index (χ3v) is 24.3. The Morgan fingerprint density at radius 2 is 0.688 bits per heavy atom. The number of hydrogen-bond acceptors (Lipinski definition) is 21. The standard InChI is InChI=1S/C50H49N5O8S2.C47H42N4O9.CH2Cl2/c1-59-44-23-38-40(52-27-35-21-33-10-4-6-12-42(33)54(35)49(38)57)25-46(44)62-29-31-18-32(20-37(19-31)61-16-9-8-14-48(56)51-15-17-65(3)64)30-63-47-26-41-39(24-45(47)60-2)50(58)55-36(28-53-41)22-34-11-5-7-13-43(34)55;1-56-41-20-35-37(48-24-32-18-30-9-3-5-11-39(30)50(32)46(35)54)22-43(41)59-26-28-15-29(17-34(16-28)58-14-8-7-13-45(52)53)27-60-44-23-38-36(21-42(44)57-2)47(55)51-33(25-49-38)19-31-10-4-6-12-40(31)51;2-1-3/h4-7,10-13,18-20,23-28,35-36H,8-9,14-17,21-22,29-30H2,1-3H3,(H,51,56);3-6,9-12,15-17,20-25,32-33H,7-8,13-14,18-19,26-27H2,1-2H3,(H,52,53);1H2/t35-,36-,65?;32-,33-;/m00./s1. The van der Waals surface area contributed by atoms with Gasteiger partial charge in [-0.15, -0.1) is 32.7 Å². The number of aliphatic imine (C=N–C) groups is 4. The van der Waals surface area contributed by atoms with Gasteiger partial charge in [-0.1, -0.05) is 84.0 Å². The average Bonchev–Trinajstić information content (AvgIpc) is 1.62. The first kappa shape index (κ1) is 88.3. The van der Waals surface area contributed by atoms with Crippen LogP contribution >= 0.6 is 23.2 Å². The van der Waals surface area contributed by atoms with Crippen LogP contribution in [0.1, 0.15) is 124 Å². The Labute approximate surface area is 757 Å². The van der Waals surface area contributed by atoms with Crippen LogP contribution < -0.4 is 72.3 Å². The third kappa shape index (κ3) is 19.5. The lowest BCUT2D eigenvalue weighted by Crippen LogP contribution is -2.37. The van der Waals surface area contributed by atoms with Crippen molar-refractivity contribution in [2.45, 2.75) is 115 Å². The number of carbonyl (C=O) groups excluding carboxylic acids is 5. The van der Waals surface area contributed by atoms with Crippen LogP contribution in [0.4, 0.5) is 45.5 Å². The number of alkyl halides is 2. The van der Waals surface area contributed by atoms with Gasteiger partial charge in [0.2, 0.25) is 5.91 Å². The largest absolute Gasteiger partial charge is 0.494 e. The van der Waals surface area contributed by atoms with Gasteiger partial charge >= 0.3 is 5.97 Å². The molecule has 0 aromatic heterocycles. The molecule has 5 atom stereocenters. The third-order valence-electron chi connectivity index (χ3n) is 23.0. The molecule has 26 nitrogen and oxygen atoms in total. The highest BCUT2D eigenvalue weighted by atomic mass is 35.5. The number of carboxylic acids is 1. The molecule has 0 bridgehead atoms. The molecule has 30 heteroatoms. The Balaban J connectivity index is 0.000000183. The number of amides is 5. The molecule has 8 aliphatic rings. The number of nitrogens with one attached hydrogen (secondary N) is 1. The second-order valence-corrected chi connectivity index (χ2v) is 35.4. The molecule has 8 heterocycles. The van der Waals surface area contributed by atoms with E-state index in [1.165, 1.54) is 14.2 Å². The van der Waals surface area contributed by atoms with Crippen LogP contribution in [0.15, 0.2) is 202 Å².